The first kappa shape index (κ1) is 28.6. The Morgan fingerprint density at radius 2 is 1.68 bits per heavy atom. The van der Waals surface area contributed by atoms with E-state index < -0.39 is 31.5 Å². The first-order valence-corrected chi connectivity index (χ1v) is 16.2. The summed E-state index contributed by atoms with van der Waals surface area (Å²) < 4.78 is 56.5. The van der Waals surface area contributed by atoms with Crippen LogP contribution in [-0.2, 0) is 21.0 Å². The number of carbonyl (C=O) groups is 1. The van der Waals surface area contributed by atoms with Crippen molar-refractivity contribution < 1.29 is 27.1 Å². The van der Waals surface area contributed by atoms with E-state index in [1.165, 1.54) is 7.11 Å². The minimum absolute atomic E-state index is 0.0698. The van der Waals surface area contributed by atoms with Gasteiger partial charge in [-0.1, -0.05) is 63.2 Å². The molecule has 206 valence electrons. The molecule has 0 N–H and O–H groups in total. The van der Waals surface area contributed by atoms with Crippen LogP contribution in [0.1, 0.15) is 74.0 Å². The fraction of sp³-hybridized carbons (Fsp3) is 0.516. The van der Waals surface area contributed by atoms with Crippen LogP contribution in [-0.4, -0.2) is 33.2 Å². The second-order valence-corrected chi connectivity index (χ2v) is 15.8. The van der Waals surface area contributed by atoms with Gasteiger partial charge in [-0.15, -0.1) is 0 Å². The lowest BCUT2D eigenvalue weighted by Crippen LogP contribution is -2.61. The molecule has 2 aromatic carbocycles. The number of fused-ring (bicyclic) bond motifs is 3. The number of esters is 1. The van der Waals surface area contributed by atoms with Crippen molar-refractivity contribution in [1.29, 1.82) is 0 Å². The first-order valence-electron chi connectivity index (χ1n) is 13.7. The van der Waals surface area contributed by atoms with Gasteiger partial charge in [0.15, 0.2) is 13.9 Å². The molecular weight excluding hydrogens is 505 g/mol. The van der Waals surface area contributed by atoms with Crippen LogP contribution >= 0.6 is 0 Å². The Labute approximate surface area is 225 Å². The maximum Gasteiger partial charge on any atom is 0.416 e. The van der Waals surface area contributed by atoms with E-state index in [1.807, 2.05) is 76.2 Å². The van der Waals surface area contributed by atoms with Gasteiger partial charge in [0.05, 0.1) is 12.7 Å². The molecule has 0 amide bonds. The zero-order chi connectivity index (χ0) is 27.8. The maximum absolute atomic E-state index is 15.0. The second kappa shape index (κ2) is 10.6. The normalized spacial score (nSPS) is 25.3. The third-order valence-electron chi connectivity index (χ3n) is 9.31. The summed E-state index contributed by atoms with van der Waals surface area (Å²) in [7, 11) is -1.20. The SMILES string of the molecule is CC[Si](CC)(CC)O[C@]1(C(F)(F)F)CCC2(Cc3ccccc3)c3ccc(C(=O)OC)cc3C(C)=C[C@@H]2C1. The van der Waals surface area contributed by atoms with Crippen molar-refractivity contribution in [3.05, 3.63) is 76.9 Å². The minimum atomic E-state index is -4.46. The molecule has 0 aliphatic heterocycles. The van der Waals surface area contributed by atoms with Crippen molar-refractivity contribution in [2.75, 3.05) is 7.11 Å². The fourth-order valence-electron chi connectivity index (χ4n) is 6.82. The average Bonchev–Trinajstić information content (AvgIpc) is 2.92. The van der Waals surface area contributed by atoms with Crippen LogP contribution in [0.3, 0.4) is 0 Å². The lowest BCUT2D eigenvalue weighted by molar-refractivity contribution is -0.269. The predicted molar refractivity (Wildman–Crippen MR) is 148 cm³/mol. The minimum Gasteiger partial charge on any atom is -0.465 e. The molecule has 0 aromatic heterocycles. The number of allylic oxidation sites excluding steroid dienone is 2. The van der Waals surface area contributed by atoms with Gasteiger partial charge < -0.3 is 9.16 Å². The first-order chi connectivity index (χ1) is 18.0. The van der Waals surface area contributed by atoms with E-state index in [9.17, 15) is 4.79 Å². The van der Waals surface area contributed by atoms with Crippen molar-refractivity contribution in [2.45, 2.75) is 88.7 Å². The van der Waals surface area contributed by atoms with Crippen molar-refractivity contribution >= 4 is 19.9 Å². The van der Waals surface area contributed by atoms with Gasteiger partial charge in [-0.05, 0) is 91.1 Å². The molecule has 0 heterocycles. The summed E-state index contributed by atoms with van der Waals surface area (Å²) in [4.78, 5) is 12.3. The van der Waals surface area contributed by atoms with Gasteiger partial charge in [-0.25, -0.2) is 4.79 Å². The molecule has 4 rings (SSSR count). The lowest BCUT2D eigenvalue weighted by atomic mass is 9.53. The quantitative estimate of drug-likeness (QED) is 0.247. The molecule has 7 heteroatoms. The molecule has 38 heavy (non-hydrogen) atoms. The molecule has 0 spiro atoms. The number of alkyl halides is 3. The smallest absolute Gasteiger partial charge is 0.416 e. The molecular formula is C31H39F3O3Si. The van der Waals surface area contributed by atoms with Gasteiger partial charge in [0, 0.05) is 5.41 Å². The molecule has 0 bridgehead atoms. The van der Waals surface area contributed by atoms with E-state index in [2.05, 4.69) is 0 Å². The summed E-state index contributed by atoms with van der Waals surface area (Å²) in [5, 5.41) is 0. The van der Waals surface area contributed by atoms with Gasteiger partial charge in [-0.3, -0.25) is 0 Å². The molecule has 1 unspecified atom stereocenters. The number of ether oxygens (including phenoxy) is 1. The number of halogens is 3. The largest absolute Gasteiger partial charge is 0.465 e. The highest BCUT2D eigenvalue weighted by Crippen LogP contribution is 2.59. The van der Waals surface area contributed by atoms with Gasteiger partial charge in [0.2, 0.25) is 0 Å². The number of benzene rings is 2. The summed E-state index contributed by atoms with van der Waals surface area (Å²) in [6, 6.07) is 17.5. The van der Waals surface area contributed by atoms with E-state index >= 15 is 13.2 Å². The van der Waals surface area contributed by atoms with Crippen LogP contribution in [0.5, 0.6) is 0 Å². The van der Waals surface area contributed by atoms with E-state index in [0.717, 1.165) is 22.3 Å². The third kappa shape index (κ3) is 4.88. The zero-order valence-corrected chi connectivity index (χ0v) is 24.1. The molecule has 0 radical (unpaired) electrons. The Morgan fingerprint density at radius 1 is 1.03 bits per heavy atom. The van der Waals surface area contributed by atoms with Crippen LogP contribution in [0.4, 0.5) is 13.2 Å². The van der Waals surface area contributed by atoms with Gasteiger partial charge in [0.25, 0.3) is 0 Å². The summed E-state index contributed by atoms with van der Waals surface area (Å²) >= 11 is 0. The Kier molecular flexibility index (Phi) is 8.02. The molecule has 3 atom stereocenters. The van der Waals surface area contributed by atoms with Crippen molar-refractivity contribution in [2.24, 2.45) is 5.92 Å². The molecule has 3 nitrogen and oxygen atoms in total. The standard InChI is InChI=1S/C31H39F3O3Si/c1-6-38(7-2,8-3)37-30(31(32,33)34)17-16-29(20-23-12-10-9-11-13-23)25(21-30)18-22(4)26-19-24(28(35)36-5)14-15-27(26)29/h9-15,18-19,25H,6-8,16-17,20-21H2,1-5H3/t25-,29?,30-/m1/s1. The number of carbonyl (C=O) groups excluding carboxylic acids is 1. The van der Waals surface area contributed by atoms with Crippen LogP contribution in [0.15, 0.2) is 54.6 Å². The van der Waals surface area contributed by atoms with E-state index in [4.69, 9.17) is 9.16 Å². The summed E-state index contributed by atoms with van der Waals surface area (Å²) in [6.45, 7) is 7.86. The Hall–Kier alpha value is -2.38. The maximum atomic E-state index is 15.0. The van der Waals surface area contributed by atoms with E-state index in [-0.39, 0.29) is 18.8 Å². The molecule has 1 saturated carbocycles. The van der Waals surface area contributed by atoms with E-state index in [0.29, 0.717) is 36.5 Å². The summed E-state index contributed by atoms with van der Waals surface area (Å²) in [5.41, 5.74) is 1.68. The summed E-state index contributed by atoms with van der Waals surface area (Å²) in [5.74, 6) is -0.778. The highest BCUT2D eigenvalue weighted by atomic mass is 28.4. The Balaban J connectivity index is 1.86. The lowest BCUT2D eigenvalue weighted by Gasteiger charge is -2.55. The Morgan fingerprint density at radius 3 is 2.26 bits per heavy atom. The van der Waals surface area contributed by atoms with Crippen molar-refractivity contribution in [1.82, 2.24) is 0 Å². The second-order valence-electron chi connectivity index (χ2n) is 11.1. The van der Waals surface area contributed by atoms with Crippen LogP contribution in [0, 0.1) is 5.92 Å². The van der Waals surface area contributed by atoms with Gasteiger partial charge in [-0.2, -0.15) is 13.2 Å². The highest BCUT2D eigenvalue weighted by molar-refractivity contribution is 6.73. The van der Waals surface area contributed by atoms with Crippen molar-refractivity contribution in [3.63, 3.8) is 0 Å². The molecule has 2 aromatic rings. The molecule has 0 saturated heterocycles. The predicted octanol–water partition coefficient (Wildman–Crippen LogP) is 8.49. The van der Waals surface area contributed by atoms with Crippen molar-refractivity contribution in [3.8, 4) is 0 Å². The average molecular weight is 545 g/mol. The van der Waals surface area contributed by atoms with Gasteiger partial charge >= 0.3 is 12.1 Å². The number of methoxy groups -OCH3 is 1. The molecule has 2 aliphatic rings. The zero-order valence-electron chi connectivity index (χ0n) is 23.1. The van der Waals surface area contributed by atoms with E-state index in [1.54, 1.807) is 6.07 Å². The molecule has 2 aliphatic carbocycles. The number of hydrogen-bond acceptors (Lipinski definition) is 3. The third-order valence-corrected chi connectivity index (χ3v) is 14.0. The van der Waals surface area contributed by atoms with Gasteiger partial charge in [0.1, 0.15) is 0 Å². The highest BCUT2D eigenvalue weighted by Gasteiger charge is 2.64. The van der Waals surface area contributed by atoms with Crippen LogP contribution in [0.2, 0.25) is 18.1 Å². The number of hydrogen-bond donors (Lipinski definition) is 0. The molecule has 1 fully saturated rings. The van der Waals surface area contributed by atoms with Crippen LogP contribution in [0.25, 0.3) is 5.57 Å². The fourth-order valence-corrected chi connectivity index (χ4v) is 9.88. The summed E-state index contributed by atoms with van der Waals surface area (Å²) in [6.07, 6.45) is -1.63. The number of rotatable bonds is 8. The monoisotopic (exact) mass is 544 g/mol. The topological polar surface area (TPSA) is 35.5 Å². The van der Waals surface area contributed by atoms with Crippen LogP contribution < -0.4 is 0 Å². The Bertz CT molecular complexity index is 1180.